The van der Waals surface area contributed by atoms with Gasteiger partial charge in [0.2, 0.25) is 5.17 Å². The lowest BCUT2D eigenvalue weighted by Crippen LogP contribution is -2.38. The zero-order chi connectivity index (χ0) is 10.2. The first-order valence-electron chi connectivity index (χ1n) is 4.56. The van der Waals surface area contributed by atoms with Crippen LogP contribution in [-0.4, -0.2) is 31.6 Å². The highest BCUT2D eigenvalue weighted by Gasteiger charge is 2.33. The van der Waals surface area contributed by atoms with Crippen LogP contribution in [0.15, 0.2) is 15.6 Å². The van der Waals surface area contributed by atoms with Gasteiger partial charge in [0.15, 0.2) is 4.36 Å². The first kappa shape index (κ1) is 9.98. The van der Waals surface area contributed by atoms with Gasteiger partial charge in [0.05, 0.1) is 6.20 Å². The summed E-state index contributed by atoms with van der Waals surface area (Å²) in [5.41, 5.74) is 0. The zero-order valence-corrected chi connectivity index (χ0v) is 9.18. The van der Waals surface area contributed by atoms with E-state index in [4.69, 9.17) is 11.6 Å². The van der Waals surface area contributed by atoms with Gasteiger partial charge in [0.25, 0.3) is 9.84 Å². The Balaban J connectivity index is 2.22. The SMILES string of the molecule is O=S1(=O)C(Cl)=CN=C1N1CCCCC1. The lowest BCUT2D eigenvalue weighted by atomic mass is 10.1. The Bertz CT molecular complexity index is 394. The monoisotopic (exact) mass is 234 g/mol. The summed E-state index contributed by atoms with van der Waals surface area (Å²) in [7, 11) is -3.46. The molecule has 1 saturated heterocycles. The van der Waals surface area contributed by atoms with Crippen LogP contribution < -0.4 is 0 Å². The van der Waals surface area contributed by atoms with Crippen LogP contribution in [0.4, 0.5) is 0 Å². The Morgan fingerprint density at radius 2 is 1.93 bits per heavy atom. The minimum atomic E-state index is -3.46. The van der Waals surface area contributed by atoms with Crippen molar-refractivity contribution in [3.8, 4) is 0 Å². The zero-order valence-electron chi connectivity index (χ0n) is 7.61. The number of halogens is 1. The Morgan fingerprint density at radius 1 is 1.29 bits per heavy atom. The fourth-order valence-corrected chi connectivity index (χ4v) is 3.00. The molecule has 0 saturated carbocycles. The minimum Gasteiger partial charge on any atom is -0.347 e. The molecule has 0 amide bonds. The molecule has 4 nitrogen and oxygen atoms in total. The van der Waals surface area contributed by atoms with Crippen molar-refractivity contribution in [3.63, 3.8) is 0 Å². The Labute approximate surface area is 88.2 Å². The summed E-state index contributed by atoms with van der Waals surface area (Å²) in [4.78, 5) is 5.65. The van der Waals surface area contributed by atoms with E-state index in [-0.39, 0.29) is 9.53 Å². The number of nitrogens with zero attached hydrogens (tertiary/aromatic N) is 2. The van der Waals surface area contributed by atoms with Crippen molar-refractivity contribution in [1.82, 2.24) is 4.90 Å². The molecule has 0 radical (unpaired) electrons. The summed E-state index contributed by atoms with van der Waals surface area (Å²) in [6.07, 6.45) is 4.41. The summed E-state index contributed by atoms with van der Waals surface area (Å²) < 4.78 is 23.1. The number of hydrogen-bond donors (Lipinski definition) is 0. The van der Waals surface area contributed by atoms with E-state index in [0.29, 0.717) is 0 Å². The quantitative estimate of drug-likeness (QED) is 0.635. The topological polar surface area (TPSA) is 49.7 Å². The molecule has 2 heterocycles. The third-order valence-corrected chi connectivity index (χ3v) is 4.57. The van der Waals surface area contributed by atoms with Crippen molar-refractivity contribution in [2.75, 3.05) is 13.1 Å². The minimum absolute atomic E-state index is 0.127. The predicted molar refractivity (Wildman–Crippen MR) is 55.7 cm³/mol. The maximum absolute atomic E-state index is 11.6. The van der Waals surface area contributed by atoms with Crippen molar-refractivity contribution in [2.24, 2.45) is 4.99 Å². The van der Waals surface area contributed by atoms with Gasteiger partial charge in [-0.25, -0.2) is 13.4 Å². The van der Waals surface area contributed by atoms with E-state index in [9.17, 15) is 8.42 Å². The molecule has 0 aromatic heterocycles. The van der Waals surface area contributed by atoms with Crippen LogP contribution in [0.1, 0.15) is 19.3 Å². The molecule has 6 heteroatoms. The van der Waals surface area contributed by atoms with E-state index in [1.165, 1.54) is 6.20 Å². The molecule has 0 aromatic carbocycles. The molecule has 0 atom stereocenters. The summed E-state index contributed by atoms with van der Waals surface area (Å²) in [5, 5.41) is 0.127. The predicted octanol–water partition coefficient (Wildman–Crippen LogP) is 1.29. The van der Waals surface area contributed by atoms with Crippen molar-refractivity contribution < 1.29 is 8.42 Å². The van der Waals surface area contributed by atoms with Gasteiger partial charge < -0.3 is 4.90 Å². The van der Waals surface area contributed by atoms with E-state index in [0.717, 1.165) is 32.4 Å². The Kier molecular flexibility index (Phi) is 2.53. The van der Waals surface area contributed by atoms with E-state index in [1.807, 2.05) is 0 Å². The average Bonchev–Trinajstić information content (AvgIpc) is 2.44. The lowest BCUT2D eigenvalue weighted by Gasteiger charge is -2.27. The molecule has 1 fully saturated rings. The standard InChI is InChI=1S/C8H11ClN2O2S/c9-7-6-10-8(14(7,12)13)11-4-2-1-3-5-11/h6H,1-5H2. The average molecular weight is 235 g/mol. The third-order valence-electron chi connectivity index (χ3n) is 2.40. The smallest absolute Gasteiger partial charge is 0.252 e. The summed E-state index contributed by atoms with van der Waals surface area (Å²) >= 11 is 5.55. The fourth-order valence-electron chi connectivity index (χ4n) is 1.67. The van der Waals surface area contributed by atoms with Gasteiger partial charge in [0.1, 0.15) is 0 Å². The van der Waals surface area contributed by atoms with Crippen LogP contribution in [0.3, 0.4) is 0 Å². The lowest BCUT2D eigenvalue weighted by molar-refractivity contribution is 0.346. The van der Waals surface area contributed by atoms with Crippen LogP contribution in [0.25, 0.3) is 0 Å². The first-order chi connectivity index (χ1) is 6.62. The van der Waals surface area contributed by atoms with Crippen LogP contribution in [0.5, 0.6) is 0 Å². The molecule has 0 aromatic rings. The van der Waals surface area contributed by atoms with Gasteiger partial charge in [-0.1, -0.05) is 11.6 Å². The number of likely N-dealkylation sites (tertiary alicyclic amines) is 1. The normalized spacial score (nSPS) is 25.9. The molecule has 78 valence electrons. The second kappa shape index (κ2) is 3.55. The fraction of sp³-hybridized carbons (Fsp3) is 0.625. The van der Waals surface area contributed by atoms with Crippen molar-refractivity contribution >= 4 is 26.6 Å². The molecule has 14 heavy (non-hydrogen) atoms. The molecule has 0 aliphatic carbocycles. The molecule has 2 aliphatic heterocycles. The third kappa shape index (κ3) is 1.54. The molecular formula is C8H11ClN2O2S. The maximum atomic E-state index is 11.6. The number of hydrogen-bond acceptors (Lipinski definition) is 4. The molecule has 2 aliphatic rings. The van der Waals surface area contributed by atoms with Crippen LogP contribution >= 0.6 is 11.6 Å². The molecule has 2 rings (SSSR count). The number of aliphatic imine (C=N–C) groups is 1. The van der Waals surface area contributed by atoms with E-state index >= 15 is 0 Å². The summed E-state index contributed by atoms with van der Waals surface area (Å²) in [6.45, 7) is 1.52. The largest absolute Gasteiger partial charge is 0.347 e. The van der Waals surface area contributed by atoms with E-state index < -0.39 is 9.84 Å². The summed E-state index contributed by atoms with van der Waals surface area (Å²) in [5.74, 6) is 0. The van der Waals surface area contributed by atoms with Crippen LogP contribution in [0.2, 0.25) is 0 Å². The molecule has 0 bridgehead atoms. The number of piperidine rings is 1. The second-order valence-electron chi connectivity index (χ2n) is 3.40. The van der Waals surface area contributed by atoms with Crippen molar-refractivity contribution in [1.29, 1.82) is 0 Å². The maximum Gasteiger partial charge on any atom is 0.252 e. The van der Waals surface area contributed by atoms with Crippen LogP contribution in [0, 0.1) is 0 Å². The molecule has 0 spiro atoms. The molecule has 0 N–H and O–H groups in total. The highest BCUT2D eigenvalue weighted by molar-refractivity contribution is 8.11. The van der Waals surface area contributed by atoms with Gasteiger partial charge >= 0.3 is 0 Å². The van der Waals surface area contributed by atoms with Crippen molar-refractivity contribution in [3.05, 3.63) is 10.6 Å². The highest BCUT2D eigenvalue weighted by Crippen LogP contribution is 2.24. The molecular weight excluding hydrogens is 224 g/mol. The Hall–Kier alpha value is -0.550. The van der Waals surface area contributed by atoms with Crippen molar-refractivity contribution in [2.45, 2.75) is 19.3 Å². The first-order valence-corrected chi connectivity index (χ1v) is 6.42. The van der Waals surface area contributed by atoms with Gasteiger partial charge in [0, 0.05) is 13.1 Å². The van der Waals surface area contributed by atoms with E-state index in [1.54, 1.807) is 4.90 Å². The van der Waals surface area contributed by atoms with Gasteiger partial charge in [-0.3, -0.25) is 0 Å². The number of amidine groups is 1. The number of rotatable bonds is 0. The number of sulfone groups is 1. The van der Waals surface area contributed by atoms with Crippen LogP contribution in [-0.2, 0) is 9.84 Å². The molecule has 0 unspecified atom stereocenters. The van der Waals surface area contributed by atoms with Gasteiger partial charge in [-0.2, -0.15) is 0 Å². The Morgan fingerprint density at radius 3 is 2.43 bits per heavy atom. The van der Waals surface area contributed by atoms with Gasteiger partial charge in [-0.05, 0) is 19.3 Å². The summed E-state index contributed by atoms with van der Waals surface area (Å²) in [6, 6.07) is 0. The van der Waals surface area contributed by atoms with E-state index in [2.05, 4.69) is 4.99 Å². The second-order valence-corrected chi connectivity index (χ2v) is 5.84. The highest BCUT2D eigenvalue weighted by atomic mass is 35.5. The van der Waals surface area contributed by atoms with Gasteiger partial charge in [-0.15, -0.1) is 0 Å².